The van der Waals surface area contributed by atoms with Crippen molar-refractivity contribution in [1.82, 2.24) is 0 Å². The highest BCUT2D eigenvalue weighted by atomic mass is 16.5. The topological polar surface area (TPSA) is 26.3 Å². The first-order valence-corrected chi connectivity index (χ1v) is 7.36. The minimum Gasteiger partial charge on any atom is -0.375 e. The van der Waals surface area contributed by atoms with Crippen LogP contribution in [0.5, 0.6) is 0 Å². The highest BCUT2D eigenvalue weighted by molar-refractivity contribution is 5.84. The number of carbonyl (C=O) groups is 1. The standard InChI is InChI=1S/C17H22O2/c1-11-4-3-5-12(2)16(11)10-17(18)13-8-14-6-7-15(9-13)19-14/h3-5,13-15H,6-10H2,1-2H3. The molecule has 2 saturated heterocycles. The van der Waals surface area contributed by atoms with Gasteiger partial charge in [-0.05, 0) is 56.2 Å². The molecule has 2 aliphatic heterocycles. The normalized spacial score (nSPS) is 29.5. The predicted molar refractivity (Wildman–Crippen MR) is 75.2 cm³/mol. The first kappa shape index (κ1) is 12.9. The Morgan fingerprint density at radius 3 is 2.32 bits per heavy atom. The second-order valence-electron chi connectivity index (χ2n) is 6.14. The van der Waals surface area contributed by atoms with Crippen LogP contribution in [0, 0.1) is 19.8 Å². The van der Waals surface area contributed by atoms with Gasteiger partial charge in [0.25, 0.3) is 0 Å². The first-order chi connectivity index (χ1) is 9.13. The molecule has 2 heteroatoms. The van der Waals surface area contributed by atoms with E-state index < -0.39 is 0 Å². The molecule has 0 amide bonds. The number of hydrogen-bond acceptors (Lipinski definition) is 2. The number of fused-ring (bicyclic) bond motifs is 2. The van der Waals surface area contributed by atoms with Crippen molar-refractivity contribution in [2.45, 2.75) is 58.2 Å². The third-order valence-electron chi connectivity index (χ3n) is 4.74. The quantitative estimate of drug-likeness (QED) is 0.831. The van der Waals surface area contributed by atoms with Crippen LogP contribution in [0.2, 0.25) is 0 Å². The fraction of sp³-hybridized carbons (Fsp3) is 0.588. The Bertz CT molecular complexity index is 460. The van der Waals surface area contributed by atoms with Crippen LogP contribution in [0.3, 0.4) is 0 Å². The number of rotatable bonds is 3. The van der Waals surface area contributed by atoms with Crippen molar-refractivity contribution in [3.05, 3.63) is 34.9 Å². The van der Waals surface area contributed by atoms with Gasteiger partial charge in [0.05, 0.1) is 12.2 Å². The summed E-state index contributed by atoms with van der Waals surface area (Å²) in [5.74, 6) is 0.642. The summed E-state index contributed by atoms with van der Waals surface area (Å²) < 4.78 is 5.82. The third kappa shape index (κ3) is 2.59. The lowest BCUT2D eigenvalue weighted by Crippen LogP contribution is -2.31. The van der Waals surface area contributed by atoms with Crippen LogP contribution in [0.25, 0.3) is 0 Å². The van der Waals surface area contributed by atoms with Gasteiger partial charge < -0.3 is 4.74 Å². The van der Waals surface area contributed by atoms with Gasteiger partial charge in [-0.2, -0.15) is 0 Å². The number of hydrogen-bond donors (Lipinski definition) is 0. The fourth-order valence-electron chi connectivity index (χ4n) is 3.57. The van der Waals surface area contributed by atoms with E-state index >= 15 is 0 Å². The minimum atomic E-state index is 0.227. The summed E-state index contributed by atoms with van der Waals surface area (Å²) in [6, 6.07) is 6.26. The van der Waals surface area contributed by atoms with E-state index in [0.717, 1.165) is 25.7 Å². The van der Waals surface area contributed by atoms with Crippen molar-refractivity contribution < 1.29 is 9.53 Å². The maximum atomic E-state index is 12.5. The van der Waals surface area contributed by atoms with E-state index in [9.17, 15) is 4.79 Å². The van der Waals surface area contributed by atoms with Crippen LogP contribution < -0.4 is 0 Å². The summed E-state index contributed by atoms with van der Waals surface area (Å²) in [5.41, 5.74) is 3.71. The largest absolute Gasteiger partial charge is 0.375 e. The minimum absolute atomic E-state index is 0.227. The second-order valence-corrected chi connectivity index (χ2v) is 6.14. The highest BCUT2D eigenvalue weighted by Gasteiger charge is 2.37. The third-order valence-corrected chi connectivity index (χ3v) is 4.74. The van der Waals surface area contributed by atoms with Gasteiger partial charge in [-0.15, -0.1) is 0 Å². The van der Waals surface area contributed by atoms with Crippen molar-refractivity contribution in [3.8, 4) is 0 Å². The molecule has 0 N–H and O–H groups in total. The van der Waals surface area contributed by atoms with Crippen molar-refractivity contribution >= 4 is 5.78 Å². The van der Waals surface area contributed by atoms with E-state index in [0.29, 0.717) is 24.4 Å². The summed E-state index contributed by atoms with van der Waals surface area (Å²) in [6.07, 6.45) is 5.50. The summed E-state index contributed by atoms with van der Waals surface area (Å²) in [7, 11) is 0. The lowest BCUT2D eigenvalue weighted by atomic mass is 9.86. The average molecular weight is 258 g/mol. The molecule has 19 heavy (non-hydrogen) atoms. The molecule has 0 radical (unpaired) electrons. The van der Waals surface area contributed by atoms with E-state index in [4.69, 9.17) is 4.74 Å². The molecule has 102 valence electrons. The highest BCUT2D eigenvalue weighted by Crippen LogP contribution is 2.36. The monoisotopic (exact) mass is 258 g/mol. The molecule has 0 aromatic heterocycles. The van der Waals surface area contributed by atoms with E-state index in [1.165, 1.54) is 16.7 Å². The molecule has 0 saturated carbocycles. The van der Waals surface area contributed by atoms with E-state index in [-0.39, 0.29) is 5.92 Å². The van der Waals surface area contributed by atoms with Crippen molar-refractivity contribution in [2.75, 3.05) is 0 Å². The Kier molecular flexibility index (Phi) is 3.44. The average Bonchev–Trinajstić information content (AvgIpc) is 2.72. The van der Waals surface area contributed by atoms with Crippen LogP contribution in [0.4, 0.5) is 0 Å². The van der Waals surface area contributed by atoms with Crippen LogP contribution in [-0.4, -0.2) is 18.0 Å². The molecule has 1 aromatic rings. The molecule has 2 aliphatic rings. The lowest BCUT2D eigenvalue weighted by Gasteiger charge is -2.27. The van der Waals surface area contributed by atoms with E-state index in [1.54, 1.807) is 0 Å². The lowest BCUT2D eigenvalue weighted by molar-refractivity contribution is -0.127. The molecule has 2 bridgehead atoms. The van der Waals surface area contributed by atoms with Gasteiger partial charge in [-0.1, -0.05) is 18.2 Å². The van der Waals surface area contributed by atoms with Gasteiger partial charge in [0, 0.05) is 12.3 Å². The maximum absolute atomic E-state index is 12.5. The van der Waals surface area contributed by atoms with Crippen LogP contribution in [0.1, 0.15) is 42.4 Å². The van der Waals surface area contributed by atoms with Gasteiger partial charge in [0.15, 0.2) is 0 Å². The second kappa shape index (κ2) is 5.09. The number of benzene rings is 1. The summed E-state index contributed by atoms with van der Waals surface area (Å²) >= 11 is 0. The van der Waals surface area contributed by atoms with Gasteiger partial charge in [-0.25, -0.2) is 0 Å². The summed E-state index contributed by atoms with van der Waals surface area (Å²) in [5, 5.41) is 0. The smallest absolute Gasteiger partial charge is 0.140 e. The Hall–Kier alpha value is -1.15. The molecule has 2 unspecified atom stereocenters. The van der Waals surface area contributed by atoms with Gasteiger partial charge >= 0.3 is 0 Å². The Morgan fingerprint density at radius 1 is 1.16 bits per heavy atom. The van der Waals surface area contributed by atoms with Crippen LogP contribution >= 0.6 is 0 Å². The molecular weight excluding hydrogens is 236 g/mol. The number of Topliss-reactive ketones (excluding diaryl/α,β-unsaturated/α-hetero) is 1. The van der Waals surface area contributed by atoms with E-state index in [2.05, 4.69) is 32.0 Å². The van der Waals surface area contributed by atoms with E-state index in [1.807, 2.05) is 0 Å². The Balaban J connectivity index is 1.71. The van der Waals surface area contributed by atoms with Gasteiger partial charge in [0.1, 0.15) is 5.78 Å². The number of ketones is 1. The Morgan fingerprint density at radius 2 is 1.74 bits per heavy atom. The number of aryl methyl sites for hydroxylation is 2. The van der Waals surface area contributed by atoms with Crippen molar-refractivity contribution in [3.63, 3.8) is 0 Å². The molecule has 2 atom stereocenters. The maximum Gasteiger partial charge on any atom is 0.140 e. The summed E-state index contributed by atoms with van der Waals surface area (Å²) in [6.45, 7) is 4.20. The molecule has 1 aromatic carbocycles. The molecule has 0 aliphatic carbocycles. The number of ether oxygens (including phenoxy) is 1. The molecule has 2 nitrogen and oxygen atoms in total. The zero-order valence-corrected chi connectivity index (χ0v) is 11.8. The first-order valence-electron chi connectivity index (χ1n) is 7.36. The zero-order chi connectivity index (χ0) is 13.4. The predicted octanol–water partition coefficient (Wildman–Crippen LogP) is 3.37. The Labute approximate surface area is 115 Å². The van der Waals surface area contributed by atoms with Gasteiger partial charge in [0.2, 0.25) is 0 Å². The van der Waals surface area contributed by atoms with Crippen LogP contribution in [0.15, 0.2) is 18.2 Å². The van der Waals surface area contributed by atoms with Crippen molar-refractivity contribution in [1.29, 1.82) is 0 Å². The molecular formula is C17H22O2. The summed E-state index contributed by atoms with van der Waals surface area (Å²) in [4.78, 5) is 12.5. The zero-order valence-electron chi connectivity index (χ0n) is 11.8. The molecule has 3 rings (SSSR count). The molecule has 2 fully saturated rings. The fourth-order valence-corrected chi connectivity index (χ4v) is 3.57. The SMILES string of the molecule is Cc1cccc(C)c1CC(=O)C1CC2CCC(C1)O2. The number of carbonyl (C=O) groups excluding carboxylic acids is 1. The molecule has 0 spiro atoms. The molecule has 2 heterocycles. The van der Waals surface area contributed by atoms with Crippen molar-refractivity contribution in [2.24, 2.45) is 5.92 Å². The van der Waals surface area contributed by atoms with Gasteiger partial charge in [-0.3, -0.25) is 4.79 Å². The van der Waals surface area contributed by atoms with Crippen LogP contribution in [-0.2, 0) is 16.0 Å².